The van der Waals surface area contributed by atoms with Crippen molar-refractivity contribution in [3.05, 3.63) is 119 Å². The summed E-state index contributed by atoms with van der Waals surface area (Å²) in [6.07, 6.45) is 0.574. The number of hydrogen-bond donors (Lipinski definition) is 1. The molecule has 0 aliphatic carbocycles. The first kappa shape index (κ1) is 30.9. The maximum absolute atomic E-state index is 12.6. The number of carbonyl (C=O) groups is 2. The van der Waals surface area contributed by atoms with E-state index in [4.69, 9.17) is 14.6 Å². The minimum Gasteiger partial charge on any atom is -0.463 e. The molecule has 0 bridgehead atoms. The molecule has 4 aromatic rings. The number of nitrogens with one attached hydrogen (secondary N) is 1. The molecule has 0 radical (unpaired) electrons. The number of rotatable bonds is 13. The third-order valence-electron chi connectivity index (χ3n) is 6.74. The molecule has 42 heavy (non-hydrogen) atoms. The third kappa shape index (κ3) is 7.40. The second-order valence-electron chi connectivity index (χ2n) is 11.7. The number of ether oxygens (including phenoxy) is 1. The van der Waals surface area contributed by atoms with Crippen molar-refractivity contribution >= 4 is 42.5 Å². The van der Waals surface area contributed by atoms with Gasteiger partial charge in [-0.25, -0.2) is 9.78 Å². The molecule has 9 heteroatoms. The summed E-state index contributed by atoms with van der Waals surface area (Å²) in [4.78, 5) is 35.0. The Morgan fingerprint density at radius 3 is 1.86 bits per heavy atom. The zero-order valence-corrected chi connectivity index (χ0v) is 26.5. The number of aldehydes is 1. The first-order chi connectivity index (χ1) is 20.0. The first-order valence-corrected chi connectivity index (χ1v) is 18.4. The quantitative estimate of drug-likeness (QED) is 0.0439. The zero-order chi connectivity index (χ0) is 30.2. The van der Waals surface area contributed by atoms with Crippen molar-refractivity contribution in [3.8, 4) is 0 Å². The molecule has 1 heterocycles. The molecule has 0 atom stereocenters. The van der Waals surface area contributed by atoms with E-state index in [9.17, 15) is 9.59 Å². The number of aromatic nitrogens is 1. The highest BCUT2D eigenvalue weighted by Crippen LogP contribution is 2.40. The van der Waals surface area contributed by atoms with Gasteiger partial charge in [0.25, 0.3) is 0 Å². The van der Waals surface area contributed by atoms with Crippen LogP contribution in [-0.4, -0.2) is 43.2 Å². The Morgan fingerprint density at radius 1 is 0.905 bits per heavy atom. The Labute approximate surface area is 252 Å². The lowest BCUT2D eigenvalue weighted by Crippen LogP contribution is -2.38. The number of esters is 1. The third-order valence-corrected chi connectivity index (χ3v) is 9.20. The number of benzene rings is 3. The standard InChI is InChI=1S/C33H37N3O4SSi/c1-32(2,30(38)39-21-22-42(3,4)5)40-36-28(23-37)29-24-41-31(34-29)35-33(25-15-9-6-10-16-25,26-17-11-7-12-18-26)27-19-13-8-14-20-27/h6-20,23-24H,21-22H2,1-5H3,(H,34,35)/b36-28+. The van der Waals surface area contributed by atoms with Gasteiger partial charge in [-0.3, -0.25) is 4.79 Å². The second kappa shape index (κ2) is 13.3. The molecule has 0 saturated carbocycles. The normalized spacial score (nSPS) is 12.5. The van der Waals surface area contributed by atoms with Gasteiger partial charge in [0.2, 0.25) is 5.60 Å². The molecule has 0 aliphatic heterocycles. The lowest BCUT2D eigenvalue weighted by molar-refractivity contribution is -0.167. The van der Waals surface area contributed by atoms with Crippen molar-refractivity contribution < 1.29 is 19.2 Å². The highest BCUT2D eigenvalue weighted by atomic mass is 32.1. The van der Waals surface area contributed by atoms with E-state index in [1.165, 1.54) is 11.3 Å². The van der Waals surface area contributed by atoms with E-state index in [2.05, 4.69) is 66.5 Å². The minimum atomic E-state index is -1.37. The van der Waals surface area contributed by atoms with Crippen LogP contribution in [0.5, 0.6) is 0 Å². The van der Waals surface area contributed by atoms with Crippen molar-refractivity contribution in [3.63, 3.8) is 0 Å². The molecule has 0 aliphatic rings. The Hall–Kier alpha value is -4.08. The van der Waals surface area contributed by atoms with Crippen LogP contribution < -0.4 is 5.32 Å². The minimum absolute atomic E-state index is 0.0213. The second-order valence-corrected chi connectivity index (χ2v) is 18.1. The number of oxime groups is 1. The Morgan fingerprint density at radius 2 is 1.40 bits per heavy atom. The van der Waals surface area contributed by atoms with E-state index >= 15 is 0 Å². The number of carbonyl (C=O) groups excluding carboxylic acids is 2. The summed E-state index contributed by atoms with van der Waals surface area (Å²) in [5.74, 6) is -0.534. The lowest BCUT2D eigenvalue weighted by atomic mass is 9.77. The smallest absolute Gasteiger partial charge is 0.352 e. The summed E-state index contributed by atoms with van der Waals surface area (Å²) >= 11 is 1.35. The Kier molecular flexibility index (Phi) is 9.75. The predicted molar refractivity (Wildman–Crippen MR) is 172 cm³/mol. The molecular weight excluding hydrogens is 563 g/mol. The van der Waals surface area contributed by atoms with E-state index in [0.717, 1.165) is 22.7 Å². The molecule has 7 nitrogen and oxygen atoms in total. The van der Waals surface area contributed by atoms with Crippen LogP contribution in [0.2, 0.25) is 25.7 Å². The summed E-state index contributed by atoms with van der Waals surface area (Å²) in [6.45, 7) is 10.1. The predicted octanol–water partition coefficient (Wildman–Crippen LogP) is 7.13. The molecule has 4 rings (SSSR count). The fraction of sp³-hybridized carbons (Fsp3) is 0.273. The van der Waals surface area contributed by atoms with Gasteiger partial charge in [-0.05, 0) is 36.6 Å². The number of anilines is 1. The van der Waals surface area contributed by atoms with E-state index in [-0.39, 0.29) is 5.71 Å². The van der Waals surface area contributed by atoms with E-state index in [0.29, 0.717) is 23.7 Å². The van der Waals surface area contributed by atoms with Gasteiger partial charge < -0.3 is 14.9 Å². The van der Waals surface area contributed by atoms with Gasteiger partial charge in [-0.15, -0.1) is 11.3 Å². The summed E-state index contributed by atoms with van der Waals surface area (Å²) in [6, 6.07) is 31.4. The van der Waals surface area contributed by atoms with Crippen LogP contribution in [0.3, 0.4) is 0 Å². The largest absolute Gasteiger partial charge is 0.463 e. The maximum atomic E-state index is 12.6. The molecule has 1 aromatic heterocycles. The zero-order valence-electron chi connectivity index (χ0n) is 24.7. The van der Waals surface area contributed by atoms with Gasteiger partial charge in [0.1, 0.15) is 11.2 Å². The molecule has 0 saturated heterocycles. The van der Waals surface area contributed by atoms with Gasteiger partial charge in [-0.2, -0.15) is 0 Å². The molecule has 0 amide bonds. The lowest BCUT2D eigenvalue weighted by Gasteiger charge is -2.36. The summed E-state index contributed by atoms with van der Waals surface area (Å²) in [5, 5.41) is 10.0. The Balaban J connectivity index is 1.64. The molecule has 3 aromatic carbocycles. The summed E-state index contributed by atoms with van der Waals surface area (Å²) in [7, 11) is -1.35. The van der Waals surface area contributed by atoms with Crippen LogP contribution in [0.25, 0.3) is 0 Å². The van der Waals surface area contributed by atoms with E-state index < -0.39 is 25.2 Å². The fourth-order valence-corrected chi connectivity index (χ4v) is 5.82. The number of thiazole rings is 1. The molecule has 0 fully saturated rings. The van der Waals surface area contributed by atoms with Gasteiger partial charge in [0.05, 0.1) is 6.61 Å². The van der Waals surface area contributed by atoms with Crippen LogP contribution in [-0.2, 0) is 24.7 Å². The van der Waals surface area contributed by atoms with Crippen molar-refractivity contribution in [1.82, 2.24) is 4.98 Å². The average Bonchev–Trinajstić information content (AvgIpc) is 3.45. The average molecular weight is 600 g/mol. The monoisotopic (exact) mass is 599 g/mol. The van der Waals surface area contributed by atoms with Crippen molar-refractivity contribution in [1.29, 1.82) is 0 Å². The number of hydrogen-bond acceptors (Lipinski definition) is 8. The SMILES string of the molecule is CC(C)(O/N=C(\C=O)c1csc(NC(c2ccccc2)(c2ccccc2)c2ccccc2)n1)C(=O)OCC[Si](C)(C)C. The molecule has 1 N–H and O–H groups in total. The Bertz CT molecular complexity index is 1400. The van der Waals surface area contributed by atoms with Crippen molar-refractivity contribution in [2.75, 3.05) is 11.9 Å². The van der Waals surface area contributed by atoms with Crippen molar-refractivity contribution in [2.24, 2.45) is 5.16 Å². The highest BCUT2D eigenvalue weighted by Gasteiger charge is 2.37. The van der Waals surface area contributed by atoms with Crippen LogP contribution in [0.1, 0.15) is 36.2 Å². The van der Waals surface area contributed by atoms with Gasteiger partial charge in [0, 0.05) is 13.5 Å². The van der Waals surface area contributed by atoms with E-state index in [1.54, 1.807) is 19.2 Å². The number of nitrogens with zero attached hydrogens (tertiary/aromatic N) is 2. The highest BCUT2D eigenvalue weighted by molar-refractivity contribution is 7.14. The molecule has 0 spiro atoms. The molecule has 218 valence electrons. The van der Waals surface area contributed by atoms with E-state index in [1.807, 2.05) is 54.6 Å². The molecule has 0 unspecified atom stereocenters. The first-order valence-electron chi connectivity index (χ1n) is 13.8. The van der Waals surface area contributed by atoms with Gasteiger partial charge in [0.15, 0.2) is 17.1 Å². The van der Waals surface area contributed by atoms with Gasteiger partial charge in [-0.1, -0.05) is 116 Å². The van der Waals surface area contributed by atoms with Crippen LogP contribution in [0, 0.1) is 0 Å². The van der Waals surface area contributed by atoms with Crippen LogP contribution in [0.4, 0.5) is 5.13 Å². The maximum Gasteiger partial charge on any atom is 0.352 e. The van der Waals surface area contributed by atoms with Crippen molar-refractivity contribution in [2.45, 2.75) is 50.7 Å². The summed E-state index contributed by atoms with van der Waals surface area (Å²) in [5.41, 5.74) is 1.27. The van der Waals surface area contributed by atoms with Crippen LogP contribution in [0.15, 0.2) is 102 Å². The fourth-order valence-electron chi connectivity index (χ4n) is 4.34. The molecular formula is C33H37N3O4SSi. The van der Waals surface area contributed by atoms with Gasteiger partial charge >= 0.3 is 5.97 Å². The van der Waals surface area contributed by atoms with Crippen LogP contribution >= 0.6 is 11.3 Å². The topological polar surface area (TPSA) is 89.9 Å². The summed E-state index contributed by atoms with van der Waals surface area (Å²) < 4.78 is 5.43.